The molecule has 0 aliphatic carbocycles. The molecule has 0 aliphatic heterocycles. The minimum atomic E-state index is -3.81. The van der Waals surface area contributed by atoms with Gasteiger partial charge in [-0.1, -0.05) is 46.3 Å². The van der Waals surface area contributed by atoms with Crippen LogP contribution in [0.15, 0.2) is 64.0 Å². The summed E-state index contributed by atoms with van der Waals surface area (Å²) in [5.41, 5.74) is 0.900. The van der Waals surface area contributed by atoms with Crippen LogP contribution in [0, 0.1) is 0 Å². The molecule has 0 saturated carbocycles. The second kappa shape index (κ2) is 9.30. The third-order valence-corrected chi connectivity index (χ3v) is 6.09. The summed E-state index contributed by atoms with van der Waals surface area (Å²) in [7, 11) is -3.81. The van der Waals surface area contributed by atoms with Crippen molar-refractivity contribution in [1.29, 1.82) is 0 Å². The van der Waals surface area contributed by atoms with E-state index in [2.05, 4.69) is 20.7 Å². The van der Waals surface area contributed by atoms with Crippen LogP contribution in [0.1, 0.15) is 19.4 Å². The number of nitrogens with one attached hydrogen (secondary N) is 1. The first-order valence-electron chi connectivity index (χ1n) is 8.48. The third-order valence-electron chi connectivity index (χ3n) is 4.08. The average molecular weight is 439 g/mol. The van der Waals surface area contributed by atoms with Crippen molar-refractivity contribution in [3.63, 3.8) is 0 Å². The maximum atomic E-state index is 12.9. The largest absolute Gasteiger partial charge is 0.342 e. The Kier molecular flexibility index (Phi) is 7.37. The van der Waals surface area contributed by atoms with Crippen LogP contribution >= 0.6 is 15.9 Å². The molecule has 0 spiro atoms. The first kappa shape index (κ1) is 20.6. The molecule has 2 rings (SSSR count). The molecule has 1 unspecified atom stereocenters. The highest BCUT2D eigenvalue weighted by atomic mass is 79.9. The highest BCUT2D eigenvalue weighted by molar-refractivity contribution is 9.10. The molecule has 1 amide bonds. The monoisotopic (exact) mass is 438 g/mol. The van der Waals surface area contributed by atoms with E-state index in [9.17, 15) is 13.2 Å². The van der Waals surface area contributed by atoms with Crippen LogP contribution in [0.2, 0.25) is 0 Å². The van der Waals surface area contributed by atoms with Gasteiger partial charge < -0.3 is 4.90 Å². The van der Waals surface area contributed by atoms with E-state index in [-0.39, 0.29) is 10.8 Å². The van der Waals surface area contributed by atoms with Gasteiger partial charge >= 0.3 is 0 Å². The quantitative estimate of drug-likeness (QED) is 0.687. The summed E-state index contributed by atoms with van der Waals surface area (Å²) in [5, 5.41) is 0. The third kappa shape index (κ3) is 5.40. The number of carbonyl (C=O) groups excluding carboxylic acids is 1. The summed E-state index contributed by atoms with van der Waals surface area (Å²) >= 11 is 3.29. The number of hydrogen-bond acceptors (Lipinski definition) is 3. The summed E-state index contributed by atoms with van der Waals surface area (Å²) in [6.45, 7) is 4.82. The molecule has 0 saturated heterocycles. The Balaban J connectivity index is 2.30. The van der Waals surface area contributed by atoms with Crippen molar-refractivity contribution < 1.29 is 13.2 Å². The molecule has 0 radical (unpaired) electrons. The molecule has 140 valence electrons. The van der Waals surface area contributed by atoms with Gasteiger partial charge in [0.1, 0.15) is 6.04 Å². The number of rotatable bonds is 8. The SMILES string of the molecule is CCN(CC)C(=O)C(Cc1ccccc1)NS(=O)(=O)c1ccc(Br)cc1. The molecular weight excluding hydrogens is 416 g/mol. The Morgan fingerprint density at radius 2 is 1.62 bits per heavy atom. The van der Waals surface area contributed by atoms with Gasteiger partial charge in [-0.25, -0.2) is 8.42 Å². The molecule has 2 aromatic carbocycles. The molecule has 7 heteroatoms. The van der Waals surface area contributed by atoms with Gasteiger partial charge in [0.2, 0.25) is 15.9 Å². The maximum absolute atomic E-state index is 12.9. The molecular formula is C19H23BrN2O3S. The molecule has 2 aromatic rings. The van der Waals surface area contributed by atoms with Gasteiger partial charge in [-0.2, -0.15) is 4.72 Å². The van der Waals surface area contributed by atoms with Crippen molar-refractivity contribution in [2.24, 2.45) is 0 Å². The van der Waals surface area contributed by atoms with Gasteiger partial charge in [0, 0.05) is 17.6 Å². The van der Waals surface area contributed by atoms with Gasteiger partial charge in [-0.3, -0.25) is 4.79 Å². The van der Waals surface area contributed by atoms with Gasteiger partial charge in [-0.05, 0) is 50.1 Å². The molecule has 0 aromatic heterocycles. The Bertz CT molecular complexity index is 820. The van der Waals surface area contributed by atoms with Crippen molar-refractivity contribution in [2.45, 2.75) is 31.2 Å². The zero-order valence-electron chi connectivity index (χ0n) is 14.9. The second-order valence-corrected chi connectivity index (χ2v) is 8.46. The zero-order valence-corrected chi connectivity index (χ0v) is 17.3. The highest BCUT2D eigenvalue weighted by Gasteiger charge is 2.28. The van der Waals surface area contributed by atoms with Crippen molar-refractivity contribution in [3.8, 4) is 0 Å². The molecule has 1 N–H and O–H groups in total. The minimum absolute atomic E-state index is 0.131. The van der Waals surface area contributed by atoms with E-state index in [4.69, 9.17) is 0 Å². The van der Waals surface area contributed by atoms with E-state index in [0.717, 1.165) is 10.0 Å². The Hall–Kier alpha value is -1.70. The number of sulfonamides is 1. The van der Waals surface area contributed by atoms with Crippen LogP contribution in [0.25, 0.3) is 0 Å². The lowest BCUT2D eigenvalue weighted by Gasteiger charge is -2.26. The van der Waals surface area contributed by atoms with Crippen molar-refractivity contribution >= 4 is 31.9 Å². The van der Waals surface area contributed by atoms with Gasteiger partial charge in [-0.15, -0.1) is 0 Å². The second-order valence-electron chi connectivity index (χ2n) is 5.83. The van der Waals surface area contributed by atoms with Crippen LogP contribution < -0.4 is 4.72 Å². The summed E-state index contributed by atoms with van der Waals surface area (Å²) in [5.74, 6) is -0.223. The number of nitrogens with zero attached hydrogens (tertiary/aromatic N) is 1. The first-order valence-corrected chi connectivity index (χ1v) is 10.8. The number of hydrogen-bond donors (Lipinski definition) is 1. The van der Waals surface area contributed by atoms with Crippen LogP contribution in [0.4, 0.5) is 0 Å². The topological polar surface area (TPSA) is 66.5 Å². The standard InChI is InChI=1S/C19H23BrN2O3S/c1-3-22(4-2)19(23)18(14-15-8-6-5-7-9-15)21-26(24,25)17-12-10-16(20)11-13-17/h5-13,18,21H,3-4,14H2,1-2H3. The van der Waals surface area contributed by atoms with E-state index < -0.39 is 16.1 Å². The summed E-state index contributed by atoms with van der Waals surface area (Å²) < 4.78 is 28.9. The van der Waals surface area contributed by atoms with Crippen LogP contribution in [-0.4, -0.2) is 38.4 Å². The van der Waals surface area contributed by atoms with Gasteiger partial charge in [0.25, 0.3) is 0 Å². The molecule has 0 bridgehead atoms. The fourth-order valence-corrected chi connectivity index (χ4v) is 4.11. The van der Waals surface area contributed by atoms with E-state index in [1.165, 1.54) is 12.1 Å². The molecule has 26 heavy (non-hydrogen) atoms. The zero-order chi connectivity index (χ0) is 19.2. The fraction of sp³-hybridized carbons (Fsp3) is 0.316. The van der Waals surface area contributed by atoms with Crippen molar-refractivity contribution in [3.05, 3.63) is 64.6 Å². The van der Waals surface area contributed by atoms with E-state index >= 15 is 0 Å². The lowest BCUT2D eigenvalue weighted by atomic mass is 10.1. The van der Waals surface area contributed by atoms with E-state index in [1.54, 1.807) is 17.0 Å². The Morgan fingerprint density at radius 3 is 2.15 bits per heavy atom. The highest BCUT2D eigenvalue weighted by Crippen LogP contribution is 2.16. The van der Waals surface area contributed by atoms with Gasteiger partial charge in [0.15, 0.2) is 0 Å². The molecule has 0 aliphatic rings. The van der Waals surface area contributed by atoms with Crippen LogP contribution in [0.3, 0.4) is 0 Å². The number of amides is 1. The predicted molar refractivity (Wildman–Crippen MR) is 106 cm³/mol. The maximum Gasteiger partial charge on any atom is 0.241 e. The smallest absolute Gasteiger partial charge is 0.241 e. The van der Waals surface area contributed by atoms with Gasteiger partial charge in [0.05, 0.1) is 4.90 Å². The van der Waals surface area contributed by atoms with Crippen LogP contribution in [-0.2, 0) is 21.2 Å². The summed E-state index contributed by atoms with van der Waals surface area (Å²) in [6.07, 6.45) is 0.298. The summed E-state index contributed by atoms with van der Waals surface area (Å²) in [4.78, 5) is 14.6. The first-order chi connectivity index (χ1) is 12.4. The molecule has 0 heterocycles. The Morgan fingerprint density at radius 1 is 1.04 bits per heavy atom. The average Bonchev–Trinajstić information content (AvgIpc) is 2.63. The fourth-order valence-electron chi connectivity index (χ4n) is 2.65. The lowest BCUT2D eigenvalue weighted by Crippen LogP contribution is -2.49. The predicted octanol–water partition coefficient (Wildman–Crippen LogP) is 3.21. The normalized spacial score (nSPS) is 12.6. The van der Waals surface area contributed by atoms with Crippen LogP contribution in [0.5, 0.6) is 0 Å². The number of carbonyl (C=O) groups is 1. The molecule has 1 atom stereocenters. The number of likely N-dealkylation sites (N-methyl/N-ethyl adjacent to an activating group) is 1. The van der Waals surface area contributed by atoms with E-state index in [0.29, 0.717) is 19.5 Å². The Labute approximate surface area is 163 Å². The molecule has 5 nitrogen and oxygen atoms in total. The number of halogens is 1. The molecule has 0 fully saturated rings. The van der Waals surface area contributed by atoms with Crippen molar-refractivity contribution in [2.75, 3.05) is 13.1 Å². The number of benzene rings is 2. The minimum Gasteiger partial charge on any atom is -0.342 e. The van der Waals surface area contributed by atoms with E-state index in [1.807, 2.05) is 44.2 Å². The lowest BCUT2D eigenvalue weighted by molar-refractivity contribution is -0.132. The summed E-state index contributed by atoms with van der Waals surface area (Å²) in [6, 6.07) is 14.9. The van der Waals surface area contributed by atoms with Crippen molar-refractivity contribution in [1.82, 2.24) is 9.62 Å².